The first-order valence-electron chi connectivity index (χ1n) is 7.85. The molecule has 0 bridgehead atoms. The Morgan fingerprint density at radius 3 is 2.28 bits per heavy atom. The summed E-state index contributed by atoms with van der Waals surface area (Å²) < 4.78 is 50.5. The average Bonchev–Trinajstić information content (AvgIpc) is 2.52. The Hall–Kier alpha value is -1.26. The molecular weight excluding hydrogens is 451 g/mol. The zero-order valence-electron chi connectivity index (χ0n) is 14.6. The molecule has 0 aliphatic rings. The lowest BCUT2D eigenvalue weighted by molar-refractivity contribution is -0.132. The predicted molar refractivity (Wildman–Crippen MR) is 104 cm³/mol. The Morgan fingerprint density at radius 2 is 1.80 bits per heavy atom. The fraction of sp³-hybridized carbons (Fsp3) is 0.562. The molecule has 2 N–H and O–H groups in total. The molecule has 4 nitrogen and oxygen atoms in total. The van der Waals surface area contributed by atoms with E-state index in [4.69, 9.17) is 0 Å². The Morgan fingerprint density at radius 1 is 1.16 bits per heavy atom. The van der Waals surface area contributed by atoms with E-state index >= 15 is 0 Å². The van der Waals surface area contributed by atoms with Gasteiger partial charge in [-0.3, -0.25) is 4.99 Å². The number of anilines is 1. The minimum absolute atomic E-state index is 0. The molecule has 0 aliphatic heterocycles. The Bertz CT molecular complexity index is 545. The van der Waals surface area contributed by atoms with Gasteiger partial charge in [-0.05, 0) is 31.5 Å². The summed E-state index contributed by atoms with van der Waals surface area (Å²) in [5.41, 5.74) is 1.22. The van der Waals surface area contributed by atoms with Gasteiger partial charge in [0.15, 0.2) is 5.96 Å². The third-order valence-corrected chi connectivity index (χ3v) is 3.50. The SMILES string of the molecule is CCN(CC)c1ccc(CNC(=NC)NCCC(F)(F)F)cc1F.I. The molecule has 0 spiro atoms. The second-order valence-electron chi connectivity index (χ2n) is 5.18. The van der Waals surface area contributed by atoms with Crippen LogP contribution in [-0.4, -0.2) is 38.8 Å². The van der Waals surface area contributed by atoms with Crippen LogP contribution in [0.3, 0.4) is 0 Å². The molecule has 0 atom stereocenters. The maximum absolute atomic E-state index is 14.2. The number of rotatable bonds is 7. The Kier molecular flexibility index (Phi) is 10.8. The second-order valence-corrected chi connectivity index (χ2v) is 5.18. The largest absolute Gasteiger partial charge is 0.390 e. The molecule has 0 heterocycles. The van der Waals surface area contributed by atoms with Crippen LogP contribution >= 0.6 is 24.0 Å². The van der Waals surface area contributed by atoms with E-state index in [1.165, 1.54) is 13.1 Å². The summed E-state index contributed by atoms with van der Waals surface area (Å²) in [4.78, 5) is 5.75. The van der Waals surface area contributed by atoms with Crippen molar-refractivity contribution >= 4 is 35.6 Å². The van der Waals surface area contributed by atoms with Crippen LogP contribution in [0, 0.1) is 5.82 Å². The lowest BCUT2D eigenvalue weighted by Gasteiger charge is -2.22. The lowest BCUT2D eigenvalue weighted by Crippen LogP contribution is -2.38. The number of hydrogen-bond acceptors (Lipinski definition) is 2. The Labute approximate surface area is 163 Å². The molecule has 0 radical (unpaired) electrons. The van der Waals surface area contributed by atoms with Crippen molar-refractivity contribution in [3.05, 3.63) is 29.6 Å². The third-order valence-electron chi connectivity index (χ3n) is 3.50. The van der Waals surface area contributed by atoms with Gasteiger partial charge < -0.3 is 15.5 Å². The number of halogens is 5. The maximum Gasteiger partial charge on any atom is 0.390 e. The molecule has 1 aromatic carbocycles. The monoisotopic (exact) mass is 476 g/mol. The zero-order valence-corrected chi connectivity index (χ0v) is 16.9. The van der Waals surface area contributed by atoms with Crippen molar-refractivity contribution in [2.75, 3.05) is 31.6 Å². The van der Waals surface area contributed by atoms with E-state index in [-0.39, 0.29) is 48.8 Å². The molecule has 25 heavy (non-hydrogen) atoms. The molecular formula is C16H25F4IN4. The summed E-state index contributed by atoms with van der Waals surface area (Å²) in [5.74, 6) is -0.0782. The Balaban J connectivity index is 0.00000576. The van der Waals surface area contributed by atoms with Gasteiger partial charge in [0.25, 0.3) is 0 Å². The van der Waals surface area contributed by atoms with E-state index in [2.05, 4.69) is 15.6 Å². The van der Waals surface area contributed by atoms with Gasteiger partial charge in [-0.15, -0.1) is 24.0 Å². The molecule has 0 saturated heterocycles. The number of hydrogen-bond donors (Lipinski definition) is 2. The van der Waals surface area contributed by atoms with Gasteiger partial charge in [0.05, 0.1) is 12.1 Å². The predicted octanol–water partition coefficient (Wildman–Crippen LogP) is 3.91. The summed E-state index contributed by atoms with van der Waals surface area (Å²) in [6, 6.07) is 4.91. The lowest BCUT2D eigenvalue weighted by atomic mass is 10.2. The van der Waals surface area contributed by atoms with E-state index < -0.39 is 12.6 Å². The first kappa shape index (κ1) is 23.7. The van der Waals surface area contributed by atoms with Crippen molar-refractivity contribution in [3.8, 4) is 0 Å². The highest BCUT2D eigenvalue weighted by molar-refractivity contribution is 14.0. The summed E-state index contributed by atoms with van der Waals surface area (Å²) in [6.07, 6.45) is -5.16. The summed E-state index contributed by atoms with van der Waals surface area (Å²) in [5, 5.41) is 5.44. The van der Waals surface area contributed by atoms with E-state index in [1.807, 2.05) is 18.7 Å². The maximum atomic E-state index is 14.2. The van der Waals surface area contributed by atoms with Gasteiger partial charge >= 0.3 is 6.18 Å². The number of aliphatic imine (C=N–C) groups is 1. The van der Waals surface area contributed by atoms with Gasteiger partial charge in [-0.2, -0.15) is 13.2 Å². The van der Waals surface area contributed by atoms with E-state index in [0.717, 1.165) is 0 Å². The molecule has 0 unspecified atom stereocenters. The van der Waals surface area contributed by atoms with Crippen LogP contribution in [0.15, 0.2) is 23.2 Å². The van der Waals surface area contributed by atoms with Crippen molar-refractivity contribution in [3.63, 3.8) is 0 Å². The standard InChI is InChI=1S/C16H24F4N4.HI/c1-4-24(5-2)14-7-6-12(10-13(14)17)11-23-15(21-3)22-9-8-16(18,19)20;/h6-7,10H,4-5,8-9,11H2,1-3H3,(H2,21,22,23);1H. The number of guanidine groups is 1. The number of alkyl halides is 3. The molecule has 1 rings (SSSR count). The van der Waals surface area contributed by atoms with Crippen LogP contribution in [0.5, 0.6) is 0 Å². The van der Waals surface area contributed by atoms with Gasteiger partial charge in [-0.1, -0.05) is 6.07 Å². The molecule has 144 valence electrons. The van der Waals surface area contributed by atoms with Crippen molar-refractivity contribution in [1.29, 1.82) is 0 Å². The van der Waals surface area contributed by atoms with Gasteiger partial charge in [0.1, 0.15) is 5.82 Å². The van der Waals surface area contributed by atoms with Gasteiger partial charge in [0.2, 0.25) is 0 Å². The first-order valence-corrected chi connectivity index (χ1v) is 7.85. The molecule has 0 aliphatic carbocycles. The highest BCUT2D eigenvalue weighted by Gasteiger charge is 2.26. The van der Waals surface area contributed by atoms with Crippen LogP contribution in [0.4, 0.5) is 23.2 Å². The normalized spacial score (nSPS) is 11.7. The van der Waals surface area contributed by atoms with Crippen molar-refractivity contribution in [2.45, 2.75) is 33.0 Å². The number of benzene rings is 1. The van der Waals surface area contributed by atoms with Crippen LogP contribution in [-0.2, 0) is 6.54 Å². The highest BCUT2D eigenvalue weighted by atomic mass is 127. The van der Waals surface area contributed by atoms with Crippen LogP contribution < -0.4 is 15.5 Å². The highest BCUT2D eigenvalue weighted by Crippen LogP contribution is 2.20. The van der Waals surface area contributed by atoms with Gasteiger partial charge in [-0.25, -0.2) is 4.39 Å². The molecule has 0 aromatic heterocycles. The zero-order chi connectivity index (χ0) is 18.2. The second kappa shape index (κ2) is 11.4. The summed E-state index contributed by atoms with van der Waals surface area (Å²) in [7, 11) is 1.47. The summed E-state index contributed by atoms with van der Waals surface area (Å²) >= 11 is 0. The quantitative estimate of drug-likeness (QED) is 0.272. The fourth-order valence-corrected chi connectivity index (χ4v) is 2.21. The minimum Gasteiger partial charge on any atom is -0.370 e. The van der Waals surface area contributed by atoms with Crippen molar-refractivity contribution in [2.24, 2.45) is 4.99 Å². The molecule has 1 aromatic rings. The average molecular weight is 476 g/mol. The molecule has 9 heteroatoms. The smallest absolute Gasteiger partial charge is 0.370 e. The van der Waals surface area contributed by atoms with Gasteiger partial charge in [0, 0.05) is 33.2 Å². The van der Waals surface area contributed by atoms with Crippen LogP contribution in [0.25, 0.3) is 0 Å². The van der Waals surface area contributed by atoms with E-state index in [0.29, 0.717) is 24.3 Å². The number of nitrogens with one attached hydrogen (secondary N) is 2. The topological polar surface area (TPSA) is 39.7 Å². The molecule has 0 amide bonds. The van der Waals surface area contributed by atoms with Crippen LogP contribution in [0.1, 0.15) is 25.8 Å². The number of nitrogens with zero attached hydrogens (tertiary/aromatic N) is 2. The fourth-order valence-electron chi connectivity index (χ4n) is 2.21. The van der Waals surface area contributed by atoms with E-state index in [9.17, 15) is 17.6 Å². The van der Waals surface area contributed by atoms with Crippen molar-refractivity contribution < 1.29 is 17.6 Å². The van der Waals surface area contributed by atoms with E-state index in [1.54, 1.807) is 12.1 Å². The first-order chi connectivity index (χ1) is 11.3. The third kappa shape index (κ3) is 8.59. The summed E-state index contributed by atoms with van der Waals surface area (Å²) in [6.45, 7) is 5.32. The molecule has 0 fully saturated rings. The molecule has 0 saturated carbocycles. The van der Waals surface area contributed by atoms with Crippen LogP contribution in [0.2, 0.25) is 0 Å². The minimum atomic E-state index is -4.21. The van der Waals surface area contributed by atoms with Crippen molar-refractivity contribution in [1.82, 2.24) is 10.6 Å².